The van der Waals surface area contributed by atoms with Crippen LogP contribution in [-0.2, 0) is 9.53 Å². The maximum absolute atomic E-state index is 11.4. The number of hydrogen-bond acceptors (Lipinski definition) is 4. The molecule has 2 aromatic rings. The first kappa shape index (κ1) is 17.3. The normalized spacial score (nSPS) is 26.1. The molecule has 136 valence electrons. The van der Waals surface area contributed by atoms with Gasteiger partial charge in [0, 0.05) is 28.0 Å². The molecule has 3 atom stereocenters. The first-order valence-corrected chi connectivity index (χ1v) is 9.03. The highest BCUT2D eigenvalue weighted by molar-refractivity contribution is 6.30. The van der Waals surface area contributed by atoms with Crippen LogP contribution in [0.3, 0.4) is 0 Å². The number of hydrogen-bond donors (Lipinski definition) is 1. The summed E-state index contributed by atoms with van der Waals surface area (Å²) in [5, 5.41) is 9.60. The molecule has 1 N–H and O–H groups in total. The van der Waals surface area contributed by atoms with Gasteiger partial charge in [-0.1, -0.05) is 29.8 Å². The van der Waals surface area contributed by atoms with Gasteiger partial charge in [-0.15, -0.1) is 0 Å². The molecule has 0 radical (unpaired) electrons. The number of carbonyl (C=O) groups excluding carboxylic acids is 1. The first-order valence-electron chi connectivity index (χ1n) is 8.65. The van der Waals surface area contributed by atoms with Gasteiger partial charge in [0.05, 0.1) is 20.1 Å². The second-order valence-corrected chi connectivity index (χ2v) is 7.76. The summed E-state index contributed by atoms with van der Waals surface area (Å²) in [5.74, 6) is 1.55. The van der Waals surface area contributed by atoms with Crippen molar-refractivity contribution >= 4 is 17.6 Å². The molecule has 3 unspecified atom stereocenters. The highest BCUT2D eigenvalue weighted by atomic mass is 35.5. The Bertz CT molecular complexity index is 855. The molecule has 2 heterocycles. The van der Waals surface area contributed by atoms with Crippen molar-refractivity contribution in [3.05, 3.63) is 58.6 Å². The van der Waals surface area contributed by atoms with Crippen LogP contribution in [0.4, 0.5) is 0 Å². The van der Waals surface area contributed by atoms with E-state index in [9.17, 15) is 4.79 Å². The number of ether oxygens (including phenoxy) is 2. The fourth-order valence-electron chi connectivity index (χ4n) is 4.19. The van der Waals surface area contributed by atoms with Crippen LogP contribution in [0.5, 0.6) is 11.5 Å². The van der Waals surface area contributed by atoms with Crippen molar-refractivity contribution in [3.63, 3.8) is 0 Å². The molecule has 26 heavy (non-hydrogen) atoms. The number of para-hydroxylation sites is 1. The Balaban J connectivity index is 1.74. The van der Waals surface area contributed by atoms with Crippen molar-refractivity contribution in [1.29, 1.82) is 0 Å². The predicted octanol–water partition coefficient (Wildman–Crippen LogP) is 3.27. The molecule has 4 rings (SSSR count). The molecular weight excluding hydrogens is 354 g/mol. The Morgan fingerprint density at radius 1 is 1.19 bits per heavy atom. The lowest BCUT2D eigenvalue weighted by Crippen LogP contribution is -2.44. The van der Waals surface area contributed by atoms with Crippen LogP contribution in [0.2, 0.25) is 5.02 Å². The average Bonchev–Trinajstić information content (AvgIpc) is 2.94. The van der Waals surface area contributed by atoms with E-state index in [0.29, 0.717) is 9.51 Å². The number of nitrogens with zero attached hydrogens (tertiary/aromatic N) is 1. The van der Waals surface area contributed by atoms with Gasteiger partial charge in [0.15, 0.2) is 0 Å². The molecule has 2 aliphatic rings. The van der Waals surface area contributed by atoms with E-state index in [4.69, 9.17) is 26.2 Å². The van der Waals surface area contributed by atoms with Gasteiger partial charge in [-0.05, 0) is 24.3 Å². The summed E-state index contributed by atoms with van der Waals surface area (Å²) in [7, 11) is 2.08. The minimum atomic E-state index is -0.595. The van der Waals surface area contributed by atoms with Crippen molar-refractivity contribution in [2.24, 2.45) is 0 Å². The monoisotopic (exact) mass is 374 g/mol. The van der Waals surface area contributed by atoms with Gasteiger partial charge in [-0.25, -0.2) is 4.79 Å². The Labute approximate surface area is 157 Å². The topological polar surface area (TPSA) is 55.8 Å². The van der Waals surface area contributed by atoms with E-state index < -0.39 is 12.6 Å². The zero-order valence-corrected chi connectivity index (χ0v) is 15.3. The number of carbonyl (C=O) groups is 1. The van der Waals surface area contributed by atoms with Crippen LogP contribution in [-0.4, -0.2) is 49.0 Å². The fraction of sp³-hybridized carbons (Fsp3) is 0.350. The van der Waals surface area contributed by atoms with E-state index in [-0.39, 0.29) is 18.6 Å². The van der Waals surface area contributed by atoms with Crippen molar-refractivity contribution in [2.75, 3.05) is 33.5 Å². The molecule has 0 bridgehead atoms. The van der Waals surface area contributed by atoms with Crippen LogP contribution >= 0.6 is 11.6 Å². The van der Waals surface area contributed by atoms with Gasteiger partial charge in [0.2, 0.25) is 6.73 Å². The molecule has 2 aliphatic heterocycles. The zero-order valence-electron chi connectivity index (χ0n) is 14.5. The molecule has 6 heteroatoms. The molecule has 0 aliphatic carbocycles. The number of quaternary nitrogens is 1. The summed E-state index contributed by atoms with van der Waals surface area (Å²) >= 11 is 6.27. The minimum Gasteiger partial charge on any atom is -0.457 e. The fourth-order valence-corrected chi connectivity index (χ4v) is 4.37. The number of likely N-dealkylation sites (tertiary alicyclic amines) is 1. The van der Waals surface area contributed by atoms with Crippen LogP contribution < -0.4 is 4.74 Å². The number of fused-ring (bicyclic) bond motifs is 5. The molecular formula is C20H21ClNO4+. The third kappa shape index (κ3) is 3.07. The molecule has 2 aromatic carbocycles. The summed E-state index contributed by atoms with van der Waals surface area (Å²) in [6.45, 7) is 1.26. The molecule has 0 saturated carbocycles. The largest absolute Gasteiger partial charge is 0.457 e. The van der Waals surface area contributed by atoms with Gasteiger partial charge >= 0.3 is 5.97 Å². The number of rotatable bonds is 3. The number of benzene rings is 2. The Morgan fingerprint density at radius 2 is 1.88 bits per heavy atom. The third-order valence-electron chi connectivity index (χ3n) is 5.34. The zero-order chi connectivity index (χ0) is 18.3. The summed E-state index contributed by atoms with van der Waals surface area (Å²) in [6, 6.07) is 13.8. The Kier molecular flexibility index (Phi) is 4.39. The van der Waals surface area contributed by atoms with E-state index in [1.54, 1.807) is 0 Å². The number of likely N-dealkylation sites (N-methyl/N-ethyl adjacent to an activating group) is 1. The van der Waals surface area contributed by atoms with E-state index in [2.05, 4.69) is 13.1 Å². The molecule has 1 fully saturated rings. The molecule has 0 aromatic heterocycles. The SMILES string of the molecule is C[N+]1(COC(=O)CO)CC2c3ccccc3Oc3ccc(Cl)cc3C2C1. The molecule has 5 nitrogen and oxygen atoms in total. The number of halogens is 1. The third-order valence-corrected chi connectivity index (χ3v) is 5.57. The number of aliphatic hydroxyl groups excluding tert-OH is 1. The summed E-state index contributed by atoms with van der Waals surface area (Å²) < 4.78 is 12.0. The Hall–Kier alpha value is -2.08. The highest BCUT2D eigenvalue weighted by Gasteiger charge is 2.47. The van der Waals surface area contributed by atoms with Gasteiger partial charge < -0.3 is 14.6 Å². The minimum absolute atomic E-state index is 0.213. The molecule has 0 amide bonds. The average molecular weight is 375 g/mol. The molecule has 0 spiro atoms. The maximum atomic E-state index is 11.4. The van der Waals surface area contributed by atoms with Crippen molar-refractivity contribution in [2.45, 2.75) is 11.8 Å². The maximum Gasteiger partial charge on any atom is 0.336 e. The van der Waals surface area contributed by atoms with Crippen molar-refractivity contribution < 1.29 is 23.9 Å². The van der Waals surface area contributed by atoms with Crippen LogP contribution in [0.15, 0.2) is 42.5 Å². The lowest BCUT2D eigenvalue weighted by Gasteiger charge is -2.29. The van der Waals surface area contributed by atoms with Gasteiger partial charge in [0.1, 0.15) is 18.1 Å². The lowest BCUT2D eigenvalue weighted by molar-refractivity contribution is -0.915. The summed E-state index contributed by atoms with van der Waals surface area (Å²) in [4.78, 5) is 11.4. The standard InChI is InChI=1S/C20H21ClNO4/c1-22(12-25-20(24)11-23)9-16-14-4-2-3-5-18(14)26-19-7-6-13(21)8-15(19)17(16)10-22/h2-8,16-17,23H,9-12H2,1H3/q+1. The van der Waals surface area contributed by atoms with E-state index in [1.807, 2.05) is 36.4 Å². The first-order chi connectivity index (χ1) is 12.5. The summed E-state index contributed by atoms with van der Waals surface area (Å²) in [5.41, 5.74) is 2.26. The van der Waals surface area contributed by atoms with Gasteiger partial charge in [0.25, 0.3) is 0 Å². The van der Waals surface area contributed by atoms with Gasteiger partial charge in [-0.2, -0.15) is 0 Å². The van der Waals surface area contributed by atoms with Crippen LogP contribution in [0, 0.1) is 0 Å². The van der Waals surface area contributed by atoms with E-state index >= 15 is 0 Å². The van der Waals surface area contributed by atoms with Crippen molar-refractivity contribution in [3.8, 4) is 11.5 Å². The van der Waals surface area contributed by atoms with E-state index in [1.165, 1.54) is 5.56 Å². The second-order valence-electron chi connectivity index (χ2n) is 7.32. The highest BCUT2D eigenvalue weighted by Crippen LogP contribution is 2.51. The van der Waals surface area contributed by atoms with Crippen molar-refractivity contribution in [1.82, 2.24) is 0 Å². The smallest absolute Gasteiger partial charge is 0.336 e. The predicted molar refractivity (Wildman–Crippen MR) is 97.4 cm³/mol. The van der Waals surface area contributed by atoms with Crippen LogP contribution in [0.25, 0.3) is 0 Å². The number of aliphatic hydroxyl groups is 1. The van der Waals surface area contributed by atoms with Gasteiger partial charge in [-0.3, -0.25) is 4.48 Å². The van der Waals surface area contributed by atoms with E-state index in [0.717, 1.165) is 30.2 Å². The van der Waals surface area contributed by atoms with Crippen LogP contribution in [0.1, 0.15) is 23.0 Å². The lowest BCUT2D eigenvalue weighted by atomic mass is 9.84. The Morgan fingerprint density at radius 3 is 2.65 bits per heavy atom. The number of esters is 1. The molecule has 1 saturated heterocycles. The second kappa shape index (κ2) is 6.58. The quantitative estimate of drug-likeness (QED) is 0.661. The summed E-state index contributed by atoms with van der Waals surface area (Å²) in [6.07, 6.45) is 0.